The maximum atomic E-state index is 5.68. The predicted molar refractivity (Wildman–Crippen MR) is 82.8 cm³/mol. The number of hydrogen-bond acceptors (Lipinski definition) is 2. The molecule has 2 N–H and O–H groups in total. The minimum absolute atomic E-state index is 0. The molecule has 20 heavy (non-hydrogen) atoms. The number of aromatic nitrogens is 1. The second kappa shape index (κ2) is 6.37. The molecule has 0 radical (unpaired) electrons. The van der Waals surface area contributed by atoms with Gasteiger partial charge in [-0.1, -0.05) is 35.6 Å². The van der Waals surface area contributed by atoms with Crippen molar-refractivity contribution >= 4 is 39.4 Å². The zero-order valence-electron chi connectivity index (χ0n) is 11.1. The third-order valence-corrected chi connectivity index (χ3v) is 4.31. The first-order valence-electron chi connectivity index (χ1n) is 6.15. The third-order valence-electron chi connectivity index (χ3n) is 3.13. The van der Waals surface area contributed by atoms with Crippen LogP contribution >= 0.6 is 11.3 Å². The number of benzene rings is 2. The summed E-state index contributed by atoms with van der Waals surface area (Å²) >= 11 is 1.80. The Kier molecular flexibility index (Phi) is 4.77. The molecule has 0 amide bonds. The van der Waals surface area contributed by atoms with Crippen molar-refractivity contribution < 1.29 is 28.5 Å². The number of nitrogens with two attached hydrogens (primary N) is 1. The fraction of sp³-hybridized carbons (Fsp3) is 0.0625. The van der Waals surface area contributed by atoms with Crippen LogP contribution in [0.5, 0.6) is 0 Å². The number of thiazole rings is 1. The molecule has 4 heteroatoms. The first-order valence-corrected chi connectivity index (χ1v) is 6.97. The van der Waals surface area contributed by atoms with Gasteiger partial charge in [-0.05, 0) is 29.8 Å². The van der Waals surface area contributed by atoms with Gasteiger partial charge in [0.1, 0.15) is 11.7 Å². The Morgan fingerprint density at radius 1 is 1.00 bits per heavy atom. The molecule has 0 aliphatic carbocycles. The number of nitrogen functional groups attached to an aromatic ring is 1. The van der Waals surface area contributed by atoms with E-state index < -0.39 is 0 Å². The number of fused-ring (bicyclic) bond motifs is 1. The molecule has 102 valence electrons. The first-order chi connectivity index (χ1) is 9.24. The van der Waals surface area contributed by atoms with Crippen LogP contribution in [0.25, 0.3) is 22.4 Å². The summed E-state index contributed by atoms with van der Waals surface area (Å²) in [6, 6.07) is 16.3. The van der Waals surface area contributed by atoms with Gasteiger partial charge >= 0.3 is 0 Å². The van der Waals surface area contributed by atoms with E-state index in [1.165, 1.54) is 15.2 Å². The van der Waals surface area contributed by atoms with Crippen LogP contribution in [-0.2, 0) is 7.05 Å². The average Bonchev–Trinajstić information content (AvgIpc) is 2.76. The zero-order chi connectivity index (χ0) is 13.2. The number of aryl methyl sites for hydroxylation is 1. The lowest BCUT2D eigenvalue weighted by molar-refractivity contribution is -0.642. The highest BCUT2D eigenvalue weighted by Crippen LogP contribution is 2.21. The monoisotopic (exact) mass is 394 g/mol. The van der Waals surface area contributed by atoms with Crippen molar-refractivity contribution in [2.24, 2.45) is 7.05 Å². The van der Waals surface area contributed by atoms with Crippen LogP contribution in [0.4, 0.5) is 5.69 Å². The molecular formula is C16H15IN2S. The molecule has 2 nitrogen and oxygen atoms in total. The van der Waals surface area contributed by atoms with Crippen LogP contribution in [-0.4, -0.2) is 0 Å². The van der Waals surface area contributed by atoms with Gasteiger partial charge in [0.2, 0.25) is 5.52 Å². The van der Waals surface area contributed by atoms with Gasteiger partial charge in [0, 0.05) is 17.8 Å². The van der Waals surface area contributed by atoms with Gasteiger partial charge in [0.15, 0.2) is 0 Å². The van der Waals surface area contributed by atoms with Crippen LogP contribution in [0, 0.1) is 0 Å². The summed E-state index contributed by atoms with van der Waals surface area (Å²) in [5.74, 6) is 0. The number of nitrogens with zero attached hydrogens (tertiary/aromatic N) is 1. The lowest BCUT2D eigenvalue weighted by Gasteiger charge is -1.93. The van der Waals surface area contributed by atoms with Gasteiger partial charge in [-0.15, -0.1) is 0 Å². The molecule has 2 aromatic carbocycles. The van der Waals surface area contributed by atoms with Gasteiger partial charge < -0.3 is 29.7 Å². The summed E-state index contributed by atoms with van der Waals surface area (Å²) < 4.78 is 3.52. The third kappa shape index (κ3) is 3.02. The van der Waals surface area contributed by atoms with Gasteiger partial charge in [-0.2, -0.15) is 4.57 Å². The smallest absolute Gasteiger partial charge is 0.262 e. The van der Waals surface area contributed by atoms with Crippen molar-refractivity contribution in [2.45, 2.75) is 0 Å². The molecule has 0 bridgehead atoms. The Balaban J connectivity index is 0.00000147. The molecule has 0 unspecified atom stereocenters. The highest BCUT2D eigenvalue weighted by molar-refractivity contribution is 7.18. The molecular weight excluding hydrogens is 379 g/mol. The van der Waals surface area contributed by atoms with E-state index in [1.807, 2.05) is 24.3 Å². The lowest BCUT2D eigenvalue weighted by atomic mass is 10.2. The summed E-state index contributed by atoms with van der Waals surface area (Å²) in [5.41, 5.74) is 8.91. The molecule has 0 saturated carbocycles. The van der Waals surface area contributed by atoms with Crippen molar-refractivity contribution in [3.8, 4) is 0 Å². The topological polar surface area (TPSA) is 29.9 Å². The molecule has 0 atom stereocenters. The fourth-order valence-electron chi connectivity index (χ4n) is 2.04. The van der Waals surface area contributed by atoms with Crippen molar-refractivity contribution in [1.29, 1.82) is 0 Å². The van der Waals surface area contributed by atoms with Crippen molar-refractivity contribution in [1.82, 2.24) is 0 Å². The number of halogens is 1. The molecule has 1 heterocycles. The summed E-state index contributed by atoms with van der Waals surface area (Å²) in [5, 5.41) is 1.23. The maximum absolute atomic E-state index is 5.68. The predicted octanol–water partition coefficient (Wildman–Crippen LogP) is 0.482. The average molecular weight is 394 g/mol. The van der Waals surface area contributed by atoms with Crippen LogP contribution in [0.3, 0.4) is 0 Å². The summed E-state index contributed by atoms with van der Waals surface area (Å²) in [6.45, 7) is 0. The number of para-hydroxylation sites is 1. The normalized spacial score (nSPS) is 10.8. The lowest BCUT2D eigenvalue weighted by Crippen LogP contribution is -3.00. The molecule has 1 aromatic heterocycles. The van der Waals surface area contributed by atoms with E-state index in [0.717, 1.165) is 11.3 Å². The standard InChI is InChI=1S/C16H14N2S.HI/c1-18-14-4-2-3-5-15(14)19-16(18)11-8-12-6-9-13(17)10-7-12;/h2-11,17H,1H3;1H. The van der Waals surface area contributed by atoms with Crippen molar-refractivity contribution in [2.75, 3.05) is 5.73 Å². The Morgan fingerprint density at radius 3 is 2.40 bits per heavy atom. The van der Waals surface area contributed by atoms with Gasteiger partial charge in [0.05, 0.1) is 0 Å². The Labute approximate surface area is 139 Å². The Morgan fingerprint density at radius 2 is 1.70 bits per heavy atom. The highest BCUT2D eigenvalue weighted by atomic mass is 127. The maximum Gasteiger partial charge on any atom is 0.262 e. The van der Waals surface area contributed by atoms with E-state index in [4.69, 9.17) is 5.73 Å². The quantitative estimate of drug-likeness (QED) is 0.383. The summed E-state index contributed by atoms with van der Waals surface area (Å²) in [7, 11) is 2.10. The van der Waals surface area contributed by atoms with E-state index in [9.17, 15) is 0 Å². The van der Waals surface area contributed by atoms with E-state index in [1.54, 1.807) is 11.3 Å². The highest BCUT2D eigenvalue weighted by Gasteiger charge is 2.12. The van der Waals surface area contributed by atoms with Crippen molar-refractivity contribution in [3.05, 3.63) is 59.1 Å². The minimum Gasteiger partial charge on any atom is -1.00 e. The molecule has 3 aromatic rings. The zero-order valence-corrected chi connectivity index (χ0v) is 14.1. The van der Waals surface area contributed by atoms with Crippen LogP contribution in [0.15, 0.2) is 48.5 Å². The largest absolute Gasteiger partial charge is 1.00 e. The molecule has 3 rings (SSSR count). The van der Waals surface area contributed by atoms with Crippen molar-refractivity contribution in [3.63, 3.8) is 0 Å². The molecule has 0 fully saturated rings. The summed E-state index contributed by atoms with van der Waals surface area (Å²) in [4.78, 5) is 0. The molecule has 0 aliphatic rings. The number of rotatable bonds is 2. The SMILES string of the molecule is C[n+]1c(/C=C/c2ccc(N)cc2)sc2ccccc21.[I-]. The van der Waals surface area contributed by atoms with E-state index >= 15 is 0 Å². The second-order valence-corrected chi connectivity index (χ2v) is 5.53. The molecule has 0 saturated heterocycles. The van der Waals surface area contributed by atoms with E-state index in [-0.39, 0.29) is 24.0 Å². The Hall–Kier alpha value is -1.40. The second-order valence-electron chi connectivity index (χ2n) is 4.47. The van der Waals surface area contributed by atoms with Gasteiger partial charge in [0.25, 0.3) is 5.01 Å². The van der Waals surface area contributed by atoms with Crippen LogP contribution in [0.1, 0.15) is 10.6 Å². The summed E-state index contributed by atoms with van der Waals surface area (Å²) in [6.07, 6.45) is 4.26. The van der Waals surface area contributed by atoms with E-state index in [0.29, 0.717) is 0 Å². The Bertz CT molecular complexity index is 745. The number of hydrogen-bond donors (Lipinski definition) is 1. The van der Waals surface area contributed by atoms with E-state index in [2.05, 4.69) is 48.0 Å². The molecule has 0 aliphatic heterocycles. The van der Waals surface area contributed by atoms with Crippen LogP contribution < -0.4 is 34.3 Å². The fourth-order valence-corrected chi connectivity index (χ4v) is 3.09. The van der Waals surface area contributed by atoms with Crippen LogP contribution in [0.2, 0.25) is 0 Å². The van der Waals surface area contributed by atoms with Gasteiger partial charge in [-0.3, -0.25) is 0 Å². The minimum atomic E-state index is 0. The van der Waals surface area contributed by atoms with Gasteiger partial charge in [-0.25, -0.2) is 0 Å². The number of anilines is 1. The molecule has 0 spiro atoms. The first kappa shape index (κ1) is 15.0.